The fourth-order valence-corrected chi connectivity index (χ4v) is 3.11. The zero-order valence-electron chi connectivity index (χ0n) is 20.4. The lowest BCUT2D eigenvalue weighted by atomic mass is 10.1. The fraction of sp³-hybridized carbons (Fsp3) is 0.643. The summed E-state index contributed by atoms with van der Waals surface area (Å²) in [5.41, 5.74) is 2.32. The summed E-state index contributed by atoms with van der Waals surface area (Å²) in [6.45, 7) is 8.71. The number of hydrogen-bond donors (Lipinski definition) is 0. The van der Waals surface area contributed by atoms with Crippen LogP contribution in [-0.4, -0.2) is 9.97 Å². The second-order valence-electron chi connectivity index (χ2n) is 8.08. The summed E-state index contributed by atoms with van der Waals surface area (Å²) in [6, 6.07) is 12.1. The Morgan fingerprint density at radius 1 is 0.533 bits per heavy atom. The third-order valence-corrected chi connectivity index (χ3v) is 5.03. The molecule has 0 saturated heterocycles. The lowest BCUT2D eigenvalue weighted by Gasteiger charge is -2.02. The Morgan fingerprint density at radius 3 is 1.40 bits per heavy atom. The molecule has 0 aliphatic carbocycles. The first-order valence-corrected chi connectivity index (χ1v) is 12.5. The third kappa shape index (κ3) is 21.0. The SMILES string of the molecule is CCCCCC.CCCCCCCCCCCc1ccccn1.Cc1ccccn1. The lowest BCUT2D eigenvalue weighted by molar-refractivity contribution is 0.563. The summed E-state index contributed by atoms with van der Waals surface area (Å²) >= 11 is 0. The fourth-order valence-electron chi connectivity index (χ4n) is 3.11. The minimum atomic E-state index is 1.07. The van der Waals surface area contributed by atoms with Crippen molar-refractivity contribution in [1.29, 1.82) is 0 Å². The molecule has 2 rings (SSSR count). The highest BCUT2D eigenvalue weighted by molar-refractivity contribution is 5.03. The highest BCUT2D eigenvalue weighted by atomic mass is 14.7. The highest BCUT2D eigenvalue weighted by Crippen LogP contribution is 2.10. The predicted molar refractivity (Wildman–Crippen MR) is 134 cm³/mol. The van der Waals surface area contributed by atoms with Crippen LogP contribution < -0.4 is 0 Å². The second kappa shape index (κ2) is 23.6. The highest BCUT2D eigenvalue weighted by Gasteiger charge is 1.94. The van der Waals surface area contributed by atoms with E-state index in [0.29, 0.717) is 0 Å². The maximum Gasteiger partial charge on any atom is 0.0403 e. The summed E-state index contributed by atoms with van der Waals surface area (Å²) in [5.74, 6) is 0. The average molecular weight is 413 g/mol. The largest absolute Gasteiger partial charge is 0.262 e. The van der Waals surface area contributed by atoms with E-state index in [1.807, 2.05) is 37.4 Å². The van der Waals surface area contributed by atoms with Crippen molar-refractivity contribution < 1.29 is 0 Å². The average Bonchev–Trinajstić information content (AvgIpc) is 2.79. The molecule has 0 saturated carbocycles. The van der Waals surface area contributed by atoms with Gasteiger partial charge in [0.15, 0.2) is 0 Å². The molecular weight excluding hydrogens is 364 g/mol. The van der Waals surface area contributed by atoms with Gasteiger partial charge in [0.2, 0.25) is 0 Å². The van der Waals surface area contributed by atoms with Crippen LogP contribution in [0.3, 0.4) is 0 Å². The molecule has 2 aromatic rings. The maximum atomic E-state index is 4.35. The van der Waals surface area contributed by atoms with E-state index in [4.69, 9.17) is 0 Å². The summed E-state index contributed by atoms with van der Waals surface area (Å²) < 4.78 is 0. The number of rotatable bonds is 13. The van der Waals surface area contributed by atoms with E-state index in [-0.39, 0.29) is 0 Å². The van der Waals surface area contributed by atoms with Crippen molar-refractivity contribution in [2.75, 3.05) is 0 Å². The van der Waals surface area contributed by atoms with Crippen LogP contribution in [0.5, 0.6) is 0 Å². The van der Waals surface area contributed by atoms with Crippen molar-refractivity contribution in [3.63, 3.8) is 0 Å². The van der Waals surface area contributed by atoms with Gasteiger partial charge in [0.05, 0.1) is 0 Å². The van der Waals surface area contributed by atoms with E-state index in [0.717, 1.165) is 12.1 Å². The molecule has 0 fully saturated rings. The van der Waals surface area contributed by atoms with E-state index < -0.39 is 0 Å². The second-order valence-corrected chi connectivity index (χ2v) is 8.08. The van der Waals surface area contributed by atoms with Crippen LogP contribution in [0, 0.1) is 6.92 Å². The third-order valence-electron chi connectivity index (χ3n) is 5.03. The van der Waals surface area contributed by atoms with Crippen LogP contribution in [0.2, 0.25) is 0 Å². The molecule has 2 heterocycles. The van der Waals surface area contributed by atoms with E-state index in [2.05, 4.69) is 42.9 Å². The van der Waals surface area contributed by atoms with Crippen LogP contribution in [0.15, 0.2) is 48.8 Å². The Labute approximate surface area is 188 Å². The zero-order valence-corrected chi connectivity index (χ0v) is 20.4. The molecule has 2 aromatic heterocycles. The van der Waals surface area contributed by atoms with Gasteiger partial charge in [0, 0.05) is 23.8 Å². The van der Waals surface area contributed by atoms with Gasteiger partial charge < -0.3 is 0 Å². The molecule has 0 aliphatic rings. The first-order chi connectivity index (χ1) is 14.7. The molecule has 30 heavy (non-hydrogen) atoms. The van der Waals surface area contributed by atoms with Crippen molar-refractivity contribution in [3.8, 4) is 0 Å². The monoisotopic (exact) mass is 412 g/mol. The van der Waals surface area contributed by atoms with Gasteiger partial charge >= 0.3 is 0 Å². The Bertz CT molecular complexity index is 535. The van der Waals surface area contributed by atoms with E-state index in [1.54, 1.807) is 6.20 Å². The Balaban J connectivity index is 0.000000528. The van der Waals surface area contributed by atoms with Gasteiger partial charge in [-0.3, -0.25) is 9.97 Å². The summed E-state index contributed by atoms with van der Waals surface area (Å²) in [5, 5.41) is 0. The molecule has 0 N–H and O–H groups in total. The van der Waals surface area contributed by atoms with E-state index >= 15 is 0 Å². The van der Waals surface area contributed by atoms with Gasteiger partial charge in [0.25, 0.3) is 0 Å². The van der Waals surface area contributed by atoms with Crippen molar-refractivity contribution >= 4 is 0 Å². The van der Waals surface area contributed by atoms with Crippen LogP contribution in [-0.2, 0) is 6.42 Å². The van der Waals surface area contributed by atoms with Crippen LogP contribution >= 0.6 is 0 Å². The first kappa shape index (κ1) is 28.3. The molecule has 2 nitrogen and oxygen atoms in total. The molecular formula is C28H48N2. The number of hydrogen-bond acceptors (Lipinski definition) is 2. The predicted octanol–water partition coefficient (Wildman–Crippen LogP) is 9.13. The van der Waals surface area contributed by atoms with Gasteiger partial charge in [-0.25, -0.2) is 0 Å². The van der Waals surface area contributed by atoms with Gasteiger partial charge in [-0.15, -0.1) is 0 Å². The lowest BCUT2D eigenvalue weighted by Crippen LogP contribution is -1.89. The molecule has 170 valence electrons. The van der Waals surface area contributed by atoms with E-state index in [9.17, 15) is 0 Å². The van der Waals surface area contributed by atoms with Crippen molar-refractivity contribution in [3.05, 3.63) is 60.2 Å². The minimum Gasteiger partial charge on any atom is -0.262 e. The molecule has 0 spiro atoms. The van der Waals surface area contributed by atoms with Gasteiger partial charge in [-0.05, 0) is 44.0 Å². The zero-order chi connectivity index (χ0) is 22.1. The molecule has 2 heteroatoms. The number of pyridine rings is 2. The smallest absolute Gasteiger partial charge is 0.0403 e. The Kier molecular flexibility index (Phi) is 22.2. The first-order valence-electron chi connectivity index (χ1n) is 12.5. The maximum absolute atomic E-state index is 4.35. The molecule has 0 bridgehead atoms. The normalized spacial score (nSPS) is 9.87. The molecule has 0 atom stereocenters. The van der Waals surface area contributed by atoms with Crippen LogP contribution in [0.25, 0.3) is 0 Å². The van der Waals surface area contributed by atoms with Crippen molar-refractivity contribution in [2.24, 2.45) is 0 Å². The Morgan fingerprint density at radius 2 is 1.00 bits per heavy atom. The summed E-state index contributed by atoms with van der Waals surface area (Å²) in [7, 11) is 0. The van der Waals surface area contributed by atoms with Gasteiger partial charge in [0.1, 0.15) is 0 Å². The van der Waals surface area contributed by atoms with Gasteiger partial charge in [-0.1, -0.05) is 110 Å². The molecule has 0 aliphatic heterocycles. The summed E-state index contributed by atoms with van der Waals surface area (Å²) in [6.07, 6.45) is 22.9. The van der Waals surface area contributed by atoms with Crippen molar-refractivity contribution in [2.45, 2.75) is 118 Å². The van der Waals surface area contributed by atoms with Crippen LogP contribution in [0.1, 0.15) is 116 Å². The van der Waals surface area contributed by atoms with Crippen LogP contribution in [0.4, 0.5) is 0 Å². The topological polar surface area (TPSA) is 25.8 Å². The number of unbranched alkanes of at least 4 members (excludes halogenated alkanes) is 11. The quantitative estimate of drug-likeness (QED) is 0.306. The standard InChI is InChI=1S/C16H27N.C6H7N.C6H14/c1-2-3-4-5-6-7-8-9-10-13-16-14-11-12-15-17-16;1-6-4-2-3-5-7-6;1-3-5-6-4-2/h11-12,14-15H,2-10,13H2,1H3;2-5H,1H3;3-6H2,1-2H3. The Hall–Kier alpha value is -1.70. The minimum absolute atomic E-state index is 1.07. The molecule has 0 aromatic carbocycles. The molecule has 0 unspecified atom stereocenters. The van der Waals surface area contributed by atoms with E-state index in [1.165, 1.54) is 89.2 Å². The number of nitrogens with zero attached hydrogens (tertiary/aromatic N) is 2. The number of aryl methyl sites for hydroxylation is 2. The molecule has 0 radical (unpaired) electrons. The molecule has 0 amide bonds. The van der Waals surface area contributed by atoms with Gasteiger partial charge in [-0.2, -0.15) is 0 Å². The van der Waals surface area contributed by atoms with Crippen molar-refractivity contribution in [1.82, 2.24) is 9.97 Å². The number of aromatic nitrogens is 2. The summed E-state index contributed by atoms with van der Waals surface area (Å²) in [4.78, 5) is 8.33.